The molecule has 190 valence electrons. The number of methoxy groups -OCH3 is 1. The summed E-state index contributed by atoms with van der Waals surface area (Å²) in [6, 6.07) is 17.7. The molecule has 4 amide bonds. The molecule has 1 saturated heterocycles. The number of ether oxygens (including phenoxy) is 2. The van der Waals surface area contributed by atoms with Crippen LogP contribution < -0.4 is 20.1 Å². The van der Waals surface area contributed by atoms with E-state index in [-0.39, 0.29) is 10.7 Å². The lowest BCUT2D eigenvalue weighted by molar-refractivity contribution is -0.127. The number of hydrogen-bond donors (Lipinski definition) is 2. The van der Waals surface area contributed by atoms with Gasteiger partial charge in [0.1, 0.15) is 18.8 Å². The molecule has 1 aliphatic rings. The Labute approximate surface area is 232 Å². The van der Waals surface area contributed by atoms with E-state index in [1.54, 1.807) is 30.3 Å². The quantitative estimate of drug-likeness (QED) is 0.198. The molecule has 0 radical (unpaired) electrons. The maximum absolute atomic E-state index is 12.9. The van der Waals surface area contributed by atoms with Gasteiger partial charge in [-0.1, -0.05) is 35.9 Å². The van der Waals surface area contributed by atoms with Crippen molar-refractivity contribution < 1.29 is 23.9 Å². The molecule has 2 N–H and O–H groups in total. The van der Waals surface area contributed by atoms with Crippen LogP contribution in [0.2, 0.25) is 5.02 Å². The van der Waals surface area contributed by atoms with Crippen molar-refractivity contribution in [1.29, 1.82) is 0 Å². The molecule has 10 heteroatoms. The number of imide groups is 1. The van der Waals surface area contributed by atoms with Crippen molar-refractivity contribution in [1.82, 2.24) is 10.2 Å². The Balaban J connectivity index is 1.46. The maximum Gasteiger partial charge on any atom is 0.329 e. The number of amides is 4. The Bertz CT molecular complexity index is 1390. The van der Waals surface area contributed by atoms with Gasteiger partial charge in [0, 0.05) is 9.26 Å². The van der Waals surface area contributed by atoms with Gasteiger partial charge in [-0.15, -0.1) is 0 Å². The molecule has 0 spiro atoms. The summed E-state index contributed by atoms with van der Waals surface area (Å²) in [7, 11) is 1.48. The molecule has 3 aromatic rings. The van der Waals surface area contributed by atoms with Gasteiger partial charge in [0.25, 0.3) is 5.91 Å². The number of rotatable bonds is 8. The fourth-order valence-corrected chi connectivity index (χ4v) is 4.28. The van der Waals surface area contributed by atoms with Crippen molar-refractivity contribution in [3.8, 4) is 11.5 Å². The second-order valence-corrected chi connectivity index (χ2v) is 9.90. The predicted molar refractivity (Wildman–Crippen MR) is 150 cm³/mol. The van der Waals surface area contributed by atoms with Gasteiger partial charge in [0.15, 0.2) is 11.5 Å². The summed E-state index contributed by atoms with van der Waals surface area (Å²) < 4.78 is 12.5. The minimum Gasteiger partial charge on any atom is -0.493 e. The number of aryl methyl sites for hydroxylation is 1. The summed E-state index contributed by atoms with van der Waals surface area (Å²) in [5.41, 5.74) is 3.05. The lowest BCUT2D eigenvalue weighted by atomic mass is 10.1. The smallest absolute Gasteiger partial charge is 0.329 e. The number of nitrogens with one attached hydrogen (secondary N) is 2. The van der Waals surface area contributed by atoms with Gasteiger partial charge in [-0.05, 0) is 88.7 Å². The van der Waals surface area contributed by atoms with Crippen molar-refractivity contribution in [3.05, 3.63) is 91.6 Å². The van der Waals surface area contributed by atoms with Gasteiger partial charge < -0.3 is 20.1 Å². The third-order valence-electron chi connectivity index (χ3n) is 5.43. The van der Waals surface area contributed by atoms with E-state index in [0.29, 0.717) is 29.4 Å². The Morgan fingerprint density at radius 1 is 1.14 bits per heavy atom. The van der Waals surface area contributed by atoms with Gasteiger partial charge in [0.05, 0.1) is 12.1 Å². The first-order chi connectivity index (χ1) is 17.7. The maximum atomic E-state index is 12.9. The third kappa shape index (κ3) is 6.60. The highest BCUT2D eigenvalue weighted by atomic mass is 127. The molecule has 37 heavy (non-hydrogen) atoms. The van der Waals surface area contributed by atoms with Gasteiger partial charge in [0.2, 0.25) is 5.91 Å². The molecule has 1 heterocycles. The number of hydrogen-bond acceptors (Lipinski definition) is 5. The molecule has 0 atom stereocenters. The van der Waals surface area contributed by atoms with E-state index in [4.69, 9.17) is 21.1 Å². The third-order valence-corrected chi connectivity index (χ3v) is 6.42. The van der Waals surface area contributed by atoms with Crippen molar-refractivity contribution in [3.63, 3.8) is 0 Å². The predicted octanol–water partition coefficient (Wildman–Crippen LogP) is 5.37. The van der Waals surface area contributed by atoms with Crippen molar-refractivity contribution in [2.24, 2.45) is 0 Å². The highest BCUT2D eigenvalue weighted by Crippen LogP contribution is 2.37. The number of halogens is 2. The number of anilines is 1. The van der Waals surface area contributed by atoms with Crippen molar-refractivity contribution in [2.45, 2.75) is 13.5 Å². The van der Waals surface area contributed by atoms with Crippen LogP contribution in [0.25, 0.3) is 6.08 Å². The zero-order valence-corrected chi connectivity index (χ0v) is 22.9. The fourth-order valence-electron chi connectivity index (χ4n) is 3.65. The molecule has 1 fully saturated rings. The number of nitrogens with zero attached hydrogens (tertiary/aromatic N) is 1. The van der Waals surface area contributed by atoms with E-state index in [9.17, 15) is 14.4 Å². The highest BCUT2D eigenvalue weighted by Gasteiger charge is 2.35. The van der Waals surface area contributed by atoms with E-state index < -0.39 is 24.4 Å². The number of carbonyl (C=O) groups is 3. The van der Waals surface area contributed by atoms with Crippen molar-refractivity contribution >= 4 is 63.8 Å². The van der Waals surface area contributed by atoms with E-state index in [0.717, 1.165) is 19.6 Å². The summed E-state index contributed by atoms with van der Waals surface area (Å²) in [4.78, 5) is 38.5. The summed E-state index contributed by atoms with van der Waals surface area (Å²) >= 11 is 8.70. The summed E-state index contributed by atoms with van der Waals surface area (Å²) in [6.45, 7) is 1.76. The first-order valence-corrected chi connectivity index (χ1v) is 12.6. The lowest BCUT2D eigenvalue weighted by Gasteiger charge is -2.14. The highest BCUT2D eigenvalue weighted by molar-refractivity contribution is 14.1. The Morgan fingerprint density at radius 3 is 2.59 bits per heavy atom. The average Bonchev–Trinajstić information content (AvgIpc) is 3.11. The molecule has 1 aliphatic heterocycles. The molecular weight excluding hydrogens is 609 g/mol. The summed E-state index contributed by atoms with van der Waals surface area (Å²) in [6.07, 6.45) is 1.47. The van der Waals surface area contributed by atoms with Gasteiger partial charge >= 0.3 is 6.03 Å². The molecule has 0 saturated carbocycles. The van der Waals surface area contributed by atoms with Crippen LogP contribution in [0.4, 0.5) is 10.5 Å². The van der Waals surface area contributed by atoms with E-state index in [1.807, 2.05) is 37.3 Å². The molecule has 0 aliphatic carbocycles. The van der Waals surface area contributed by atoms with E-state index >= 15 is 0 Å². The standard InChI is InChI=1S/C27H23ClIN3O5/c1-16-4-3-5-20(10-16)30-24(33)14-32-26(34)22(31-27(32)35)12-18-11-21(28)25(23(13-18)36-2)37-15-17-6-8-19(29)9-7-17/h3-13H,14-15H2,1-2H3,(H,30,33)(H,31,35)/b22-12+. The van der Waals surface area contributed by atoms with Gasteiger partial charge in [-0.3, -0.25) is 9.59 Å². The minimum atomic E-state index is -0.689. The molecule has 0 aromatic heterocycles. The monoisotopic (exact) mass is 631 g/mol. The van der Waals surface area contributed by atoms with Gasteiger partial charge in [-0.25, -0.2) is 9.69 Å². The molecule has 0 bridgehead atoms. The van der Waals surface area contributed by atoms with Crippen LogP contribution in [0, 0.1) is 10.5 Å². The van der Waals surface area contributed by atoms with Crippen LogP contribution in [-0.2, 0) is 16.2 Å². The van der Waals surface area contributed by atoms with Gasteiger partial charge in [-0.2, -0.15) is 0 Å². The zero-order chi connectivity index (χ0) is 26.5. The fraction of sp³-hybridized carbons (Fsp3) is 0.148. The van der Waals surface area contributed by atoms with Crippen LogP contribution in [0.1, 0.15) is 16.7 Å². The first-order valence-electron chi connectivity index (χ1n) is 11.2. The van der Waals surface area contributed by atoms with E-state index in [2.05, 4.69) is 33.2 Å². The summed E-state index contributed by atoms with van der Waals surface area (Å²) in [5, 5.41) is 5.48. The van der Waals surface area contributed by atoms with E-state index in [1.165, 1.54) is 13.2 Å². The van der Waals surface area contributed by atoms with Crippen LogP contribution in [0.3, 0.4) is 0 Å². The summed E-state index contributed by atoms with van der Waals surface area (Å²) in [5.74, 6) is -0.384. The minimum absolute atomic E-state index is 0.0130. The molecule has 0 unspecified atom stereocenters. The topological polar surface area (TPSA) is 97.0 Å². The average molecular weight is 632 g/mol. The van der Waals surface area contributed by atoms with Crippen LogP contribution in [0.5, 0.6) is 11.5 Å². The Kier molecular flexibility index (Phi) is 8.34. The number of urea groups is 1. The second-order valence-electron chi connectivity index (χ2n) is 8.25. The SMILES string of the molecule is COc1cc(/C=C2/NC(=O)N(CC(=O)Nc3cccc(C)c3)C2=O)cc(Cl)c1OCc1ccc(I)cc1. The lowest BCUT2D eigenvalue weighted by Crippen LogP contribution is -2.38. The first kappa shape index (κ1) is 26.5. The number of benzene rings is 3. The normalized spacial score (nSPS) is 14.1. The molecule has 8 nitrogen and oxygen atoms in total. The number of carbonyl (C=O) groups excluding carboxylic acids is 3. The van der Waals surface area contributed by atoms with Crippen LogP contribution in [0.15, 0.2) is 66.4 Å². The molecular formula is C27H23ClIN3O5. The van der Waals surface area contributed by atoms with Crippen molar-refractivity contribution in [2.75, 3.05) is 19.0 Å². The largest absolute Gasteiger partial charge is 0.493 e. The van der Waals surface area contributed by atoms with Crippen LogP contribution in [-0.4, -0.2) is 36.4 Å². The Morgan fingerprint density at radius 2 is 1.89 bits per heavy atom. The second kappa shape index (κ2) is 11.7. The molecule has 3 aromatic carbocycles. The zero-order valence-electron chi connectivity index (χ0n) is 20.0. The molecule has 4 rings (SSSR count). The Hall–Kier alpha value is -3.57. The van der Waals surface area contributed by atoms with Crippen LogP contribution >= 0.6 is 34.2 Å².